The van der Waals surface area contributed by atoms with Crippen LogP contribution >= 0.6 is 11.3 Å². The zero-order valence-corrected chi connectivity index (χ0v) is 14.2. The van der Waals surface area contributed by atoms with Gasteiger partial charge in [-0.2, -0.15) is 5.10 Å². The average molecular weight is 330 g/mol. The third-order valence-corrected chi connectivity index (χ3v) is 6.07. The van der Waals surface area contributed by atoms with Crippen LogP contribution in [0.25, 0.3) is 10.6 Å². The van der Waals surface area contributed by atoms with Gasteiger partial charge in [-0.25, -0.2) is 0 Å². The number of aromatic amines is 1. The molecule has 0 unspecified atom stereocenters. The van der Waals surface area contributed by atoms with E-state index < -0.39 is 0 Å². The van der Waals surface area contributed by atoms with E-state index in [1.54, 1.807) is 11.3 Å². The molecule has 1 amide bonds. The molecule has 122 valence electrons. The van der Waals surface area contributed by atoms with Crippen LogP contribution in [0.2, 0.25) is 0 Å². The minimum Gasteiger partial charge on any atom is -0.333 e. The van der Waals surface area contributed by atoms with Gasteiger partial charge < -0.3 is 9.80 Å². The van der Waals surface area contributed by atoms with Crippen molar-refractivity contribution >= 4 is 17.2 Å². The number of carbonyl (C=O) groups is 1. The van der Waals surface area contributed by atoms with Crippen LogP contribution in [0.1, 0.15) is 36.2 Å². The monoisotopic (exact) mass is 330 g/mol. The number of aromatic nitrogens is 2. The number of likely N-dealkylation sites (N-methyl/N-ethyl adjacent to an activating group) is 1. The summed E-state index contributed by atoms with van der Waals surface area (Å²) in [5.41, 5.74) is 1.47. The van der Waals surface area contributed by atoms with Crippen LogP contribution in [0.4, 0.5) is 0 Å². The van der Waals surface area contributed by atoms with E-state index in [0.717, 1.165) is 36.5 Å². The smallest absolute Gasteiger partial charge is 0.274 e. The number of thiophene rings is 1. The first-order chi connectivity index (χ1) is 11.2. The van der Waals surface area contributed by atoms with Crippen LogP contribution in [0.3, 0.4) is 0 Å². The lowest BCUT2D eigenvalue weighted by atomic mass is 10.0. The lowest BCUT2D eigenvalue weighted by Gasteiger charge is -2.32. The molecule has 2 atom stereocenters. The highest BCUT2D eigenvalue weighted by Gasteiger charge is 2.39. The summed E-state index contributed by atoms with van der Waals surface area (Å²) in [7, 11) is 2.18. The van der Waals surface area contributed by atoms with Crippen LogP contribution in [-0.2, 0) is 0 Å². The Balaban J connectivity index is 1.54. The molecule has 0 aliphatic carbocycles. The van der Waals surface area contributed by atoms with E-state index in [-0.39, 0.29) is 5.91 Å². The van der Waals surface area contributed by atoms with Gasteiger partial charge in [-0.05, 0) is 56.8 Å². The van der Waals surface area contributed by atoms with Gasteiger partial charge in [0.05, 0.1) is 10.6 Å². The van der Waals surface area contributed by atoms with Crippen molar-refractivity contribution in [1.82, 2.24) is 20.0 Å². The summed E-state index contributed by atoms with van der Waals surface area (Å²) in [5, 5.41) is 9.31. The summed E-state index contributed by atoms with van der Waals surface area (Å²) >= 11 is 1.65. The van der Waals surface area contributed by atoms with Crippen molar-refractivity contribution in [1.29, 1.82) is 0 Å². The molecule has 6 heteroatoms. The zero-order chi connectivity index (χ0) is 15.8. The average Bonchev–Trinajstić information content (AvgIpc) is 3.31. The van der Waals surface area contributed by atoms with Gasteiger partial charge in [-0.3, -0.25) is 9.89 Å². The Bertz CT molecular complexity index is 681. The van der Waals surface area contributed by atoms with Gasteiger partial charge in [0.1, 0.15) is 0 Å². The van der Waals surface area contributed by atoms with Crippen molar-refractivity contribution in [2.45, 2.75) is 37.8 Å². The lowest BCUT2D eigenvalue weighted by Crippen LogP contribution is -2.47. The molecule has 5 nitrogen and oxygen atoms in total. The highest BCUT2D eigenvalue weighted by molar-refractivity contribution is 7.13. The van der Waals surface area contributed by atoms with Crippen molar-refractivity contribution < 1.29 is 4.79 Å². The molecule has 0 saturated carbocycles. The quantitative estimate of drug-likeness (QED) is 0.941. The topological polar surface area (TPSA) is 52.2 Å². The Morgan fingerprint density at radius 2 is 2.13 bits per heavy atom. The number of H-pyrrole nitrogens is 1. The van der Waals surface area contributed by atoms with Gasteiger partial charge >= 0.3 is 0 Å². The van der Waals surface area contributed by atoms with E-state index in [4.69, 9.17) is 0 Å². The predicted octanol–water partition coefficient (Wildman–Crippen LogP) is 2.84. The number of nitrogens with one attached hydrogen (secondary N) is 1. The molecule has 4 rings (SSSR count). The molecule has 2 saturated heterocycles. The van der Waals surface area contributed by atoms with Crippen molar-refractivity contribution in [3.05, 3.63) is 29.3 Å². The second-order valence-corrected chi connectivity index (χ2v) is 7.49. The van der Waals surface area contributed by atoms with Crippen LogP contribution in [0, 0.1) is 0 Å². The van der Waals surface area contributed by atoms with Gasteiger partial charge in [0.25, 0.3) is 5.91 Å². The third kappa shape index (κ3) is 2.70. The van der Waals surface area contributed by atoms with Crippen molar-refractivity contribution in [2.75, 3.05) is 20.1 Å². The lowest BCUT2D eigenvalue weighted by molar-refractivity contribution is 0.0658. The van der Waals surface area contributed by atoms with Gasteiger partial charge in [0.15, 0.2) is 5.69 Å². The molecule has 1 N–H and O–H groups in total. The Morgan fingerprint density at radius 1 is 1.30 bits per heavy atom. The number of amides is 1. The molecule has 4 heterocycles. The highest BCUT2D eigenvalue weighted by Crippen LogP contribution is 2.30. The van der Waals surface area contributed by atoms with E-state index >= 15 is 0 Å². The fourth-order valence-corrected chi connectivity index (χ4v) is 4.70. The SMILES string of the molecule is CN1CCC[C@H]1[C@@H]1CCCN1C(=O)c1cc(-c2cccs2)[nH]n1. The molecule has 0 spiro atoms. The number of hydrogen-bond acceptors (Lipinski definition) is 4. The van der Waals surface area contributed by atoms with E-state index in [2.05, 4.69) is 27.0 Å². The Hall–Kier alpha value is -1.66. The summed E-state index contributed by atoms with van der Waals surface area (Å²) in [5.74, 6) is 0.0758. The molecule has 2 aliphatic rings. The second kappa shape index (κ2) is 6.09. The molecule has 0 aromatic carbocycles. The minimum absolute atomic E-state index is 0.0758. The number of hydrogen-bond donors (Lipinski definition) is 1. The van der Waals surface area contributed by atoms with Crippen LogP contribution in [0.15, 0.2) is 23.6 Å². The number of rotatable bonds is 3. The fourth-order valence-electron chi connectivity index (χ4n) is 4.00. The largest absolute Gasteiger partial charge is 0.333 e. The highest BCUT2D eigenvalue weighted by atomic mass is 32.1. The standard InChI is InChI=1S/C17H22N4OS/c1-20-8-2-5-14(20)15-6-3-9-21(15)17(22)13-11-12(18-19-13)16-7-4-10-23-16/h4,7,10-11,14-15H,2-3,5-6,8-9H2,1H3,(H,18,19)/t14-,15-/m0/s1. The Labute approximate surface area is 140 Å². The van der Waals surface area contributed by atoms with E-state index in [1.807, 2.05) is 23.6 Å². The maximum absolute atomic E-state index is 12.9. The maximum Gasteiger partial charge on any atom is 0.274 e. The van der Waals surface area contributed by atoms with Crippen LogP contribution < -0.4 is 0 Å². The Morgan fingerprint density at radius 3 is 2.87 bits per heavy atom. The third-order valence-electron chi connectivity index (χ3n) is 5.16. The van der Waals surface area contributed by atoms with E-state index in [0.29, 0.717) is 17.8 Å². The van der Waals surface area contributed by atoms with Crippen molar-refractivity contribution in [3.8, 4) is 10.6 Å². The maximum atomic E-state index is 12.9. The molecule has 2 fully saturated rings. The molecular weight excluding hydrogens is 308 g/mol. The van der Waals surface area contributed by atoms with E-state index in [1.165, 1.54) is 12.8 Å². The predicted molar refractivity (Wildman–Crippen MR) is 91.6 cm³/mol. The summed E-state index contributed by atoms with van der Waals surface area (Å²) in [6, 6.07) is 6.80. The fraction of sp³-hybridized carbons (Fsp3) is 0.529. The first-order valence-corrected chi connectivity index (χ1v) is 9.22. The van der Waals surface area contributed by atoms with Gasteiger partial charge in [-0.1, -0.05) is 6.07 Å². The first-order valence-electron chi connectivity index (χ1n) is 8.34. The first kappa shape index (κ1) is 14.9. The summed E-state index contributed by atoms with van der Waals surface area (Å²) in [6.07, 6.45) is 4.66. The van der Waals surface area contributed by atoms with Crippen LogP contribution in [-0.4, -0.2) is 58.1 Å². The summed E-state index contributed by atoms with van der Waals surface area (Å²) in [6.45, 7) is 2.00. The van der Waals surface area contributed by atoms with Crippen molar-refractivity contribution in [2.24, 2.45) is 0 Å². The van der Waals surface area contributed by atoms with Gasteiger partial charge in [0, 0.05) is 18.6 Å². The van der Waals surface area contributed by atoms with Crippen LogP contribution in [0.5, 0.6) is 0 Å². The molecule has 23 heavy (non-hydrogen) atoms. The number of likely N-dealkylation sites (tertiary alicyclic amines) is 2. The molecular formula is C17H22N4OS. The summed E-state index contributed by atoms with van der Waals surface area (Å²) in [4.78, 5) is 18.5. The number of nitrogens with zero attached hydrogens (tertiary/aromatic N) is 3. The molecule has 0 radical (unpaired) electrons. The molecule has 0 bridgehead atoms. The van der Waals surface area contributed by atoms with Crippen molar-refractivity contribution in [3.63, 3.8) is 0 Å². The Kier molecular flexibility index (Phi) is 3.95. The minimum atomic E-state index is 0.0758. The molecule has 2 aromatic heterocycles. The van der Waals surface area contributed by atoms with Gasteiger partial charge in [0.2, 0.25) is 0 Å². The second-order valence-electron chi connectivity index (χ2n) is 6.54. The number of carbonyl (C=O) groups excluding carboxylic acids is 1. The van der Waals surface area contributed by atoms with Gasteiger partial charge in [-0.15, -0.1) is 11.3 Å². The normalized spacial score (nSPS) is 25.3. The summed E-state index contributed by atoms with van der Waals surface area (Å²) < 4.78 is 0. The molecule has 2 aromatic rings. The zero-order valence-electron chi connectivity index (χ0n) is 13.4. The van der Waals surface area contributed by atoms with E-state index in [9.17, 15) is 4.79 Å². The molecule has 2 aliphatic heterocycles.